The van der Waals surface area contributed by atoms with E-state index in [9.17, 15) is 0 Å². The molecule has 4 aliphatic heterocycles. The highest BCUT2D eigenvalue weighted by Crippen LogP contribution is 2.53. The van der Waals surface area contributed by atoms with Crippen LogP contribution in [0, 0.1) is 0 Å². The summed E-state index contributed by atoms with van der Waals surface area (Å²) in [6.07, 6.45) is 4.54. The number of hydrogen-bond donors (Lipinski definition) is 0. The normalized spacial score (nSPS) is 17.5. The molecule has 0 aromatic heterocycles. The summed E-state index contributed by atoms with van der Waals surface area (Å²) in [7, 11) is 4.30. The van der Waals surface area contributed by atoms with Crippen LogP contribution in [0.15, 0.2) is 73.1 Å². The van der Waals surface area contributed by atoms with Gasteiger partial charge in [-0.2, -0.15) is 0 Å². The van der Waals surface area contributed by atoms with Crippen LogP contribution in [-0.2, 0) is 0 Å². The first-order valence-electron chi connectivity index (χ1n) is 10.5. The first-order valence-corrected chi connectivity index (χ1v) is 10.5. The molecule has 3 aromatic rings. The summed E-state index contributed by atoms with van der Waals surface area (Å²) in [6.45, 7) is 1.77. The molecule has 0 amide bonds. The van der Waals surface area contributed by atoms with E-state index in [1.807, 2.05) is 0 Å². The zero-order valence-electron chi connectivity index (χ0n) is 17.1. The Morgan fingerprint density at radius 3 is 1.43 bits per heavy atom. The number of fused-ring (bicyclic) bond motifs is 12. The Bertz CT molecular complexity index is 1210. The number of benzene rings is 3. The molecule has 4 heteroatoms. The molecule has 3 aromatic carbocycles. The highest BCUT2D eigenvalue weighted by Gasteiger charge is 2.36. The summed E-state index contributed by atoms with van der Waals surface area (Å²) in [6, 6.07) is 22.5. The molecule has 7 rings (SSSR count). The largest absolute Gasteiger partial charge is 0.361 e. The van der Waals surface area contributed by atoms with E-state index in [1.165, 1.54) is 56.1 Å². The summed E-state index contributed by atoms with van der Waals surface area (Å²) in [5.74, 6) is 0. The van der Waals surface area contributed by atoms with Crippen LogP contribution in [0.4, 0.5) is 11.4 Å². The SMILES string of the molecule is CN1C=C2c3ccccc3-c3cc4c(cc3N2C1)N1CN(C)C=C1c1ccccc1-4. The third-order valence-corrected chi connectivity index (χ3v) is 6.68. The molecule has 0 fully saturated rings. The minimum absolute atomic E-state index is 0.884. The molecule has 4 heterocycles. The van der Waals surface area contributed by atoms with Gasteiger partial charge in [0.05, 0.1) is 36.1 Å². The van der Waals surface area contributed by atoms with E-state index in [-0.39, 0.29) is 0 Å². The highest BCUT2D eigenvalue weighted by molar-refractivity contribution is 6.07. The summed E-state index contributed by atoms with van der Waals surface area (Å²) in [5.41, 5.74) is 13.1. The van der Waals surface area contributed by atoms with Crippen molar-refractivity contribution < 1.29 is 0 Å². The zero-order valence-corrected chi connectivity index (χ0v) is 17.1. The lowest BCUT2D eigenvalue weighted by Gasteiger charge is -2.36. The van der Waals surface area contributed by atoms with Gasteiger partial charge in [0.1, 0.15) is 0 Å². The van der Waals surface area contributed by atoms with Crippen LogP contribution < -0.4 is 9.80 Å². The minimum Gasteiger partial charge on any atom is -0.361 e. The van der Waals surface area contributed by atoms with Crippen molar-refractivity contribution in [1.82, 2.24) is 9.80 Å². The lowest BCUT2D eigenvalue weighted by atomic mass is 9.85. The fourth-order valence-electron chi connectivity index (χ4n) is 5.42. The fraction of sp³-hybridized carbons (Fsp3) is 0.154. The zero-order chi connectivity index (χ0) is 20.0. The Labute approximate surface area is 176 Å². The summed E-state index contributed by atoms with van der Waals surface area (Å²) in [4.78, 5) is 9.46. The van der Waals surface area contributed by atoms with Crippen LogP contribution >= 0.6 is 0 Å². The summed E-state index contributed by atoms with van der Waals surface area (Å²) < 4.78 is 0. The van der Waals surface area contributed by atoms with Crippen LogP contribution in [0.1, 0.15) is 11.1 Å². The van der Waals surface area contributed by atoms with Crippen LogP contribution in [0.5, 0.6) is 0 Å². The highest BCUT2D eigenvalue weighted by atomic mass is 15.4. The molecular formula is C26H22N4. The molecule has 30 heavy (non-hydrogen) atoms. The van der Waals surface area contributed by atoms with Gasteiger partial charge in [0.15, 0.2) is 0 Å². The van der Waals surface area contributed by atoms with Crippen LogP contribution in [-0.4, -0.2) is 37.2 Å². The smallest absolute Gasteiger partial charge is 0.0945 e. The predicted octanol–water partition coefficient (Wildman–Crippen LogP) is 5.06. The molecule has 0 saturated heterocycles. The van der Waals surface area contributed by atoms with Crippen LogP contribution in [0.25, 0.3) is 33.6 Å². The molecule has 0 bridgehead atoms. The van der Waals surface area contributed by atoms with E-state index in [4.69, 9.17) is 0 Å². The van der Waals surface area contributed by atoms with Crippen molar-refractivity contribution in [3.63, 3.8) is 0 Å². The predicted molar refractivity (Wildman–Crippen MR) is 123 cm³/mol. The first kappa shape index (κ1) is 16.2. The van der Waals surface area contributed by atoms with Gasteiger partial charge in [-0.3, -0.25) is 0 Å². The topological polar surface area (TPSA) is 13.0 Å². The second kappa shape index (κ2) is 5.48. The van der Waals surface area contributed by atoms with Crippen molar-refractivity contribution >= 4 is 22.8 Å². The average Bonchev–Trinajstić information content (AvgIpc) is 3.36. The van der Waals surface area contributed by atoms with E-state index >= 15 is 0 Å². The van der Waals surface area contributed by atoms with E-state index in [0.717, 1.165) is 13.3 Å². The second-order valence-corrected chi connectivity index (χ2v) is 8.66. The van der Waals surface area contributed by atoms with Gasteiger partial charge in [0.2, 0.25) is 0 Å². The molecule has 0 aliphatic carbocycles. The summed E-state index contributed by atoms with van der Waals surface area (Å²) >= 11 is 0. The maximum Gasteiger partial charge on any atom is 0.0945 e. The van der Waals surface area contributed by atoms with Gasteiger partial charge in [-0.15, -0.1) is 0 Å². The maximum atomic E-state index is 2.46. The molecule has 0 N–H and O–H groups in total. The number of hydrogen-bond acceptors (Lipinski definition) is 4. The molecule has 0 radical (unpaired) electrons. The Balaban J connectivity index is 1.55. The van der Waals surface area contributed by atoms with Crippen molar-refractivity contribution in [3.05, 3.63) is 84.2 Å². The monoisotopic (exact) mass is 390 g/mol. The van der Waals surface area contributed by atoms with E-state index in [0.29, 0.717) is 0 Å². The Morgan fingerprint density at radius 2 is 0.967 bits per heavy atom. The van der Waals surface area contributed by atoms with E-state index in [2.05, 4.69) is 107 Å². The molecular weight excluding hydrogens is 368 g/mol. The Hall–Kier alpha value is -3.66. The van der Waals surface area contributed by atoms with Crippen LogP contribution in [0.2, 0.25) is 0 Å². The standard InChI is InChI=1S/C26H22N4/c1-27-13-25-19-9-5-3-7-17(19)21-11-22-18-8-4-6-10-20(18)26-14-28(2)16-30(26)24(22)12-23(21)29(25)15-27/h3-14H,15-16H2,1-2H3. The quantitative estimate of drug-likeness (QED) is 0.532. The first-order chi connectivity index (χ1) is 14.7. The average molecular weight is 390 g/mol. The Morgan fingerprint density at radius 1 is 0.533 bits per heavy atom. The van der Waals surface area contributed by atoms with Crippen molar-refractivity contribution in [2.24, 2.45) is 0 Å². The third-order valence-electron chi connectivity index (χ3n) is 6.68. The van der Waals surface area contributed by atoms with Gasteiger partial charge in [0, 0.05) is 48.7 Å². The summed E-state index contributed by atoms with van der Waals surface area (Å²) in [5, 5.41) is 0. The van der Waals surface area contributed by atoms with E-state index in [1.54, 1.807) is 0 Å². The van der Waals surface area contributed by atoms with Crippen molar-refractivity contribution in [3.8, 4) is 22.3 Å². The van der Waals surface area contributed by atoms with Crippen LogP contribution in [0.3, 0.4) is 0 Å². The molecule has 0 atom stereocenters. The Kier molecular flexibility index (Phi) is 2.95. The molecule has 0 saturated carbocycles. The van der Waals surface area contributed by atoms with Gasteiger partial charge in [0.25, 0.3) is 0 Å². The number of anilines is 2. The van der Waals surface area contributed by atoms with Crippen molar-refractivity contribution in [2.75, 3.05) is 37.2 Å². The van der Waals surface area contributed by atoms with Gasteiger partial charge >= 0.3 is 0 Å². The third kappa shape index (κ3) is 1.96. The number of rotatable bonds is 0. The van der Waals surface area contributed by atoms with E-state index < -0.39 is 0 Å². The maximum absolute atomic E-state index is 2.46. The van der Waals surface area contributed by atoms with Crippen molar-refractivity contribution in [2.45, 2.75) is 0 Å². The number of nitrogens with zero attached hydrogens (tertiary/aromatic N) is 4. The van der Waals surface area contributed by atoms with Gasteiger partial charge < -0.3 is 19.6 Å². The lowest BCUT2D eigenvalue weighted by molar-refractivity contribution is 0.494. The molecule has 4 aliphatic rings. The van der Waals surface area contributed by atoms with Gasteiger partial charge in [-0.05, 0) is 23.3 Å². The van der Waals surface area contributed by atoms with Gasteiger partial charge in [-0.1, -0.05) is 48.5 Å². The van der Waals surface area contributed by atoms with Gasteiger partial charge in [-0.25, -0.2) is 0 Å². The van der Waals surface area contributed by atoms with Crippen molar-refractivity contribution in [1.29, 1.82) is 0 Å². The molecule has 146 valence electrons. The minimum atomic E-state index is 0.884. The second-order valence-electron chi connectivity index (χ2n) is 8.66. The lowest BCUT2D eigenvalue weighted by Crippen LogP contribution is -2.29. The molecule has 0 spiro atoms. The fourth-order valence-corrected chi connectivity index (χ4v) is 5.42. The molecule has 0 unspecified atom stereocenters. The molecule has 4 nitrogen and oxygen atoms in total.